The maximum Gasteiger partial charge on any atom is 0.306 e. The zero-order valence-corrected chi connectivity index (χ0v) is 49.4. The van der Waals surface area contributed by atoms with E-state index in [1.165, 1.54) is 212 Å². The lowest BCUT2D eigenvalue weighted by Crippen LogP contribution is -2.30. The van der Waals surface area contributed by atoms with Gasteiger partial charge < -0.3 is 14.2 Å². The third-order valence-electron chi connectivity index (χ3n) is 14.2. The normalized spacial score (nSPS) is 12.4. The summed E-state index contributed by atoms with van der Waals surface area (Å²) in [6.07, 6.45) is 79.5. The van der Waals surface area contributed by atoms with E-state index in [1.807, 2.05) is 0 Å². The number of esters is 3. The number of ether oxygens (including phenoxy) is 3. The van der Waals surface area contributed by atoms with Gasteiger partial charge in [0.2, 0.25) is 0 Å². The number of hydrogen-bond acceptors (Lipinski definition) is 6. The van der Waals surface area contributed by atoms with Crippen molar-refractivity contribution in [2.75, 3.05) is 13.2 Å². The standard InChI is InChI=1S/C68H122O6/c1-4-7-10-13-16-19-22-24-26-28-30-32-33-34-35-37-38-40-42-44-46-49-52-55-58-61-67(70)73-64-65(63-72-66(69)60-57-54-51-48-21-18-15-12-9-6-3)74-68(71)62-59-56-53-50-47-45-43-41-39-36-31-29-27-25-23-20-17-14-11-8-5-2/h12,15,22,24,28-31,33-34,65H,4-11,13-14,16-21,23,25-27,32,35-64H2,1-3H3/b15-12-,24-22-,30-28-,31-29-,34-33-. The Morgan fingerprint density at radius 3 is 0.824 bits per heavy atom. The van der Waals surface area contributed by atoms with E-state index in [0.29, 0.717) is 19.3 Å². The fourth-order valence-corrected chi connectivity index (χ4v) is 9.33. The van der Waals surface area contributed by atoms with Gasteiger partial charge in [-0.3, -0.25) is 14.4 Å². The highest BCUT2D eigenvalue weighted by Gasteiger charge is 2.19. The molecule has 1 atom stereocenters. The van der Waals surface area contributed by atoms with Crippen molar-refractivity contribution in [1.82, 2.24) is 0 Å². The van der Waals surface area contributed by atoms with E-state index >= 15 is 0 Å². The second kappa shape index (κ2) is 62.6. The highest BCUT2D eigenvalue weighted by atomic mass is 16.6. The van der Waals surface area contributed by atoms with E-state index in [4.69, 9.17) is 14.2 Å². The van der Waals surface area contributed by atoms with Crippen LogP contribution in [0.3, 0.4) is 0 Å². The predicted molar refractivity (Wildman–Crippen MR) is 321 cm³/mol. The third-order valence-corrected chi connectivity index (χ3v) is 14.2. The van der Waals surface area contributed by atoms with Crippen LogP contribution in [-0.2, 0) is 28.6 Å². The number of rotatable bonds is 59. The molecular weight excluding hydrogens is 913 g/mol. The van der Waals surface area contributed by atoms with Crippen LogP contribution in [0.1, 0.15) is 335 Å². The fraction of sp³-hybridized carbons (Fsp3) is 0.809. The molecular formula is C68H122O6. The van der Waals surface area contributed by atoms with E-state index in [9.17, 15) is 14.4 Å². The highest BCUT2D eigenvalue weighted by Crippen LogP contribution is 2.16. The molecule has 0 radical (unpaired) electrons. The average molecular weight is 1040 g/mol. The first-order valence-corrected chi connectivity index (χ1v) is 32.3. The lowest BCUT2D eigenvalue weighted by molar-refractivity contribution is -0.167. The molecule has 0 N–H and O–H groups in total. The Bertz CT molecular complexity index is 1330. The summed E-state index contributed by atoms with van der Waals surface area (Å²) in [5, 5.41) is 0. The van der Waals surface area contributed by atoms with Crippen molar-refractivity contribution < 1.29 is 28.6 Å². The molecule has 0 aromatic heterocycles. The SMILES string of the molecule is CCC/C=C\CCCCCCCC(=O)OCC(COC(=O)CCCCCCCCCCCC/C=C\C/C=C\C/C=C\CCCCCCC)OC(=O)CCCCCCCCCCC/C=C\CCCCCCCCCC. The van der Waals surface area contributed by atoms with Crippen molar-refractivity contribution >= 4 is 17.9 Å². The summed E-state index contributed by atoms with van der Waals surface area (Å²) in [7, 11) is 0. The summed E-state index contributed by atoms with van der Waals surface area (Å²) >= 11 is 0. The molecule has 1 unspecified atom stereocenters. The largest absolute Gasteiger partial charge is 0.462 e. The van der Waals surface area contributed by atoms with Crippen LogP contribution in [0.25, 0.3) is 0 Å². The van der Waals surface area contributed by atoms with E-state index in [0.717, 1.165) is 83.5 Å². The van der Waals surface area contributed by atoms with Crippen LogP contribution < -0.4 is 0 Å². The minimum Gasteiger partial charge on any atom is -0.462 e. The van der Waals surface area contributed by atoms with Gasteiger partial charge in [-0.2, -0.15) is 0 Å². The first-order chi connectivity index (χ1) is 36.5. The van der Waals surface area contributed by atoms with Crippen LogP contribution in [-0.4, -0.2) is 37.2 Å². The van der Waals surface area contributed by atoms with Gasteiger partial charge in [0.25, 0.3) is 0 Å². The summed E-state index contributed by atoms with van der Waals surface area (Å²) in [6.45, 7) is 6.59. The molecule has 0 aromatic rings. The van der Waals surface area contributed by atoms with Gasteiger partial charge in [-0.1, -0.05) is 274 Å². The zero-order valence-electron chi connectivity index (χ0n) is 49.4. The van der Waals surface area contributed by atoms with Gasteiger partial charge in [0.1, 0.15) is 13.2 Å². The highest BCUT2D eigenvalue weighted by molar-refractivity contribution is 5.71. The quantitative estimate of drug-likeness (QED) is 0.0261. The Hall–Kier alpha value is -2.89. The average Bonchev–Trinajstić information content (AvgIpc) is 3.40. The van der Waals surface area contributed by atoms with Crippen LogP contribution in [0.4, 0.5) is 0 Å². The van der Waals surface area contributed by atoms with Gasteiger partial charge in [0, 0.05) is 19.3 Å². The summed E-state index contributed by atoms with van der Waals surface area (Å²) in [5.74, 6) is -0.880. The van der Waals surface area contributed by atoms with Gasteiger partial charge in [-0.05, 0) is 103 Å². The van der Waals surface area contributed by atoms with Crippen LogP contribution >= 0.6 is 0 Å². The van der Waals surface area contributed by atoms with Crippen LogP contribution in [0.15, 0.2) is 60.8 Å². The molecule has 6 nitrogen and oxygen atoms in total. The monoisotopic (exact) mass is 1030 g/mol. The lowest BCUT2D eigenvalue weighted by Gasteiger charge is -2.18. The zero-order chi connectivity index (χ0) is 53.6. The van der Waals surface area contributed by atoms with Crippen LogP contribution in [0.2, 0.25) is 0 Å². The maximum absolute atomic E-state index is 12.9. The van der Waals surface area contributed by atoms with Gasteiger partial charge in [-0.25, -0.2) is 0 Å². The van der Waals surface area contributed by atoms with Crippen molar-refractivity contribution in [3.63, 3.8) is 0 Å². The second-order valence-corrected chi connectivity index (χ2v) is 21.7. The number of hydrogen-bond donors (Lipinski definition) is 0. The molecule has 0 aliphatic rings. The van der Waals surface area contributed by atoms with Gasteiger partial charge in [-0.15, -0.1) is 0 Å². The molecule has 0 amide bonds. The van der Waals surface area contributed by atoms with Crippen molar-refractivity contribution in [2.24, 2.45) is 0 Å². The Kier molecular flexibility index (Phi) is 60.2. The van der Waals surface area contributed by atoms with Gasteiger partial charge in [0.15, 0.2) is 6.10 Å². The third kappa shape index (κ3) is 60.0. The molecule has 0 aromatic carbocycles. The molecule has 0 saturated heterocycles. The molecule has 0 fully saturated rings. The van der Waals surface area contributed by atoms with E-state index in [2.05, 4.69) is 81.5 Å². The van der Waals surface area contributed by atoms with Crippen LogP contribution in [0.5, 0.6) is 0 Å². The van der Waals surface area contributed by atoms with Crippen molar-refractivity contribution in [2.45, 2.75) is 341 Å². The van der Waals surface area contributed by atoms with Crippen LogP contribution in [0, 0.1) is 0 Å². The summed E-state index contributed by atoms with van der Waals surface area (Å²) < 4.78 is 16.9. The molecule has 430 valence electrons. The van der Waals surface area contributed by atoms with Crippen molar-refractivity contribution in [3.05, 3.63) is 60.8 Å². The summed E-state index contributed by atoms with van der Waals surface area (Å²) in [4.78, 5) is 38.2. The molecule has 0 aliphatic heterocycles. The first-order valence-electron chi connectivity index (χ1n) is 32.3. The van der Waals surface area contributed by atoms with E-state index < -0.39 is 6.10 Å². The number of carbonyl (C=O) groups is 3. The minimum atomic E-state index is -0.780. The van der Waals surface area contributed by atoms with Crippen molar-refractivity contribution in [1.29, 1.82) is 0 Å². The fourth-order valence-electron chi connectivity index (χ4n) is 9.33. The minimum absolute atomic E-state index is 0.0781. The van der Waals surface area contributed by atoms with Gasteiger partial charge in [0.05, 0.1) is 0 Å². The molecule has 0 spiro atoms. The lowest BCUT2D eigenvalue weighted by atomic mass is 10.0. The molecule has 0 aliphatic carbocycles. The molecule has 0 heterocycles. The maximum atomic E-state index is 12.9. The molecule has 0 bridgehead atoms. The first kappa shape index (κ1) is 71.1. The summed E-state index contributed by atoms with van der Waals surface area (Å²) in [6, 6.07) is 0. The predicted octanol–water partition coefficient (Wildman–Crippen LogP) is 21.9. The van der Waals surface area contributed by atoms with E-state index in [-0.39, 0.29) is 31.1 Å². The van der Waals surface area contributed by atoms with E-state index in [1.54, 1.807) is 0 Å². The number of unbranched alkanes of at least 4 members (excludes halogenated alkanes) is 38. The molecule has 74 heavy (non-hydrogen) atoms. The molecule has 0 rings (SSSR count). The van der Waals surface area contributed by atoms with Gasteiger partial charge >= 0.3 is 17.9 Å². The Balaban J connectivity index is 4.23. The molecule has 0 saturated carbocycles. The Morgan fingerprint density at radius 2 is 0.514 bits per heavy atom. The summed E-state index contributed by atoms with van der Waals surface area (Å²) in [5.41, 5.74) is 0. The smallest absolute Gasteiger partial charge is 0.306 e. The number of carbonyl (C=O) groups excluding carboxylic acids is 3. The Labute approximate surface area is 460 Å². The topological polar surface area (TPSA) is 78.9 Å². The second-order valence-electron chi connectivity index (χ2n) is 21.7. The van der Waals surface area contributed by atoms with Crippen molar-refractivity contribution in [3.8, 4) is 0 Å². The number of allylic oxidation sites excluding steroid dienone is 10. The Morgan fingerprint density at radius 1 is 0.270 bits per heavy atom. The molecule has 6 heteroatoms.